The van der Waals surface area contributed by atoms with E-state index in [1.165, 1.54) is 12.1 Å². The SMILES string of the molecule is CCCCCC(=O)Cc1cccc([N+](=O)[O-])c1. The zero-order valence-corrected chi connectivity index (χ0v) is 10.0. The predicted octanol–water partition coefficient (Wildman–Crippen LogP) is 3.29. The van der Waals surface area contributed by atoms with E-state index in [-0.39, 0.29) is 11.5 Å². The van der Waals surface area contributed by atoms with Gasteiger partial charge in [0.15, 0.2) is 0 Å². The van der Waals surface area contributed by atoms with E-state index in [1.807, 2.05) is 0 Å². The summed E-state index contributed by atoms with van der Waals surface area (Å²) in [4.78, 5) is 21.7. The predicted molar refractivity (Wildman–Crippen MR) is 65.9 cm³/mol. The van der Waals surface area contributed by atoms with E-state index in [2.05, 4.69) is 6.92 Å². The van der Waals surface area contributed by atoms with Gasteiger partial charge < -0.3 is 0 Å². The van der Waals surface area contributed by atoms with Gasteiger partial charge in [-0.1, -0.05) is 31.9 Å². The first-order valence-electron chi connectivity index (χ1n) is 5.88. The zero-order chi connectivity index (χ0) is 12.7. The lowest BCUT2D eigenvalue weighted by Gasteiger charge is -2.01. The third-order valence-corrected chi connectivity index (χ3v) is 2.58. The maximum atomic E-state index is 11.6. The Kier molecular flexibility index (Phi) is 5.33. The molecule has 1 rings (SSSR count). The number of nitro benzene ring substituents is 1. The highest BCUT2D eigenvalue weighted by molar-refractivity contribution is 5.80. The highest BCUT2D eigenvalue weighted by Gasteiger charge is 2.08. The van der Waals surface area contributed by atoms with Crippen LogP contribution in [0.5, 0.6) is 0 Å². The standard InChI is InChI=1S/C13H17NO3/c1-2-3-4-8-13(15)10-11-6-5-7-12(9-11)14(16)17/h5-7,9H,2-4,8,10H2,1H3. The molecule has 17 heavy (non-hydrogen) atoms. The molecule has 0 aliphatic heterocycles. The maximum Gasteiger partial charge on any atom is 0.269 e. The molecular formula is C13H17NO3. The lowest BCUT2D eigenvalue weighted by Crippen LogP contribution is -2.02. The molecule has 0 bridgehead atoms. The topological polar surface area (TPSA) is 60.2 Å². The number of non-ortho nitro benzene ring substituents is 1. The number of hydrogen-bond donors (Lipinski definition) is 0. The van der Waals surface area contributed by atoms with Crippen LogP contribution in [0, 0.1) is 10.1 Å². The normalized spacial score (nSPS) is 10.2. The molecule has 4 nitrogen and oxygen atoms in total. The summed E-state index contributed by atoms with van der Waals surface area (Å²) in [6, 6.07) is 6.28. The molecular weight excluding hydrogens is 218 g/mol. The Labute approximate surface area is 101 Å². The van der Waals surface area contributed by atoms with Crippen molar-refractivity contribution < 1.29 is 9.72 Å². The summed E-state index contributed by atoms with van der Waals surface area (Å²) in [5.74, 6) is 0.152. The Morgan fingerprint density at radius 1 is 1.35 bits per heavy atom. The third kappa shape index (κ3) is 4.76. The molecule has 0 saturated carbocycles. The molecule has 92 valence electrons. The van der Waals surface area contributed by atoms with Gasteiger partial charge in [-0.25, -0.2) is 0 Å². The summed E-state index contributed by atoms with van der Waals surface area (Å²) in [7, 11) is 0. The molecule has 0 amide bonds. The molecule has 0 fully saturated rings. The Bertz CT molecular complexity index is 401. The summed E-state index contributed by atoms with van der Waals surface area (Å²) in [5, 5.41) is 10.6. The van der Waals surface area contributed by atoms with Gasteiger partial charge in [0.25, 0.3) is 5.69 Å². The lowest BCUT2D eigenvalue weighted by atomic mass is 10.0. The number of carbonyl (C=O) groups excluding carboxylic acids is 1. The number of benzene rings is 1. The van der Waals surface area contributed by atoms with E-state index >= 15 is 0 Å². The van der Waals surface area contributed by atoms with Crippen LogP contribution in [0.2, 0.25) is 0 Å². The number of unbranched alkanes of at least 4 members (excludes halogenated alkanes) is 2. The van der Waals surface area contributed by atoms with Gasteiger partial charge in [-0.15, -0.1) is 0 Å². The van der Waals surface area contributed by atoms with Gasteiger partial charge in [-0.3, -0.25) is 14.9 Å². The molecule has 0 aliphatic carbocycles. The molecule has 0 aromatic heterocycles. The largest absolute Gasteiger partial charge is 0.299 e. The summed E-state index contributed by atoms with van der Waals surface area (Å²) >= 11 is 0. The van der Waals surface area contributed by atoms with Crippen molar-refractivity contribution in [2.45, 2.75) is 39.0 Å². The van der Waals surface area contributed by atoms with Gasteiger partial charge in [0.05, 0.1) is 4.92 Å². The molecule has 0 saturated heterocycles. The van der Waals surface area contributed by atoms with Crippen LogP contribution in [0.15, 0.2) is 24.3 Å². The van der Waals surface area contributed by atoms with Gasteiger partial charge in [0, 0.05) is 25.0 Å². The average Bonchev–Trinajstić information content (AvgIpc) is 2.29. The van der Waals surface area contributed by atoms with Crippen LogP contribution in [-0.4, -0.2) is 10.7 Å². The molecule has 0 aliphatic rings. The second-order valence-electron chi connectivity index (χ2n) is 4.10. The number of hydrogen-bond acceptors (Lipinski definition) is 3. The number of rotatable bonds is 7. The third-order valence-electron chi connectivity index (χ3n) is 2.58. The van der Waals surface area contributed by atoms with Crippen molar-refractivity contribution in [3.8, 4) is 0 Å². The van der Waals surface area contributed by atoms with Crippen molar-refractivity contribution in [2.75, 3.05) is 0 Å². The van der Waals surface area contributed by atoms with Crippen molar-refractivity contribution in [1.29, 1.82) is 0 Å². The minimum atomic E-state index is -0.439. The maximum absolute atomic E-state index is 11.6. The number of Topliss-reactive ketones (excluding diaryl/α,β-unsaturated/α-hetero) is 1. The summed E-state index contributed by atoms with van der Waals surface area (Å²) in [6.07, 6.45) is 3.91. The monoisotopic (exact) mass is 235 g/mol. The first kappa shape index (κ1) is 13.4. The fourth-order valence-electron chi connectivity index (χ4n) is 1.67. The highest BCUT2D eigenvalue weighted by Crippen LogP contribution is 2.14. The lowest BCUT2D eigenvalue weighted by molar-refractivity contribution is -0.384. The first-order valence-corrected chi connectivity index (χ1v) is 5.88. The Morgan fingerprint density at radius 2 is 2.12 bits per heavy atom. The number of carbonyl (C=O) groups is 1. The van der Waals surface area contributed by atoms with Crippen LogP contribution in [0.25, 0.3) is 0 Å². The van der Waals surface area contributed by atoms with Crippen LogP contribution >= 0.6 is 0 Å². The summed E-state index contributed by atoms with van der Waals surface area (Å²) < 4.78 is 0. The van der Waals surface area contributed by atoms with Crippen LogP contribution in [-0.2, 0) is 11.2 Å². The van der Waals surface area contributed by atoms with Crippen LogP contribution in [0.4, 0.5) is 5.69 Å². The van der Waals surface area contributed by atoms with Gasteiger partial charge in [-0.2, -0.15) is 0 Å². The van der Waals surface area contributed by atoms with Crippen molar-refractivity contribution in [3.63, 3.8) is 0 Å². The fraction of sp³-hybridized carbons (Fsp3) is 0.462. The minimum absolute atomic E-state index is 0.0452. The second kappa shape index (κ2) is 6.78. The van der Waals surface area contributed by atoms with Crippen LogP contribution in [0.1, 0.15) is 38.2 Å². The van der Waals surface area contributed by atoms with Crippen molar-refractivity contribution in [2.24, 2.45) is 0 Å². The number of nitro groups is 1. The quantitative estimate of drug-likeness (QED) is 0.414. The van der Waals surface area contributed by atoms with Crippen molar-refractivity contribution >= 4 is 11.5 Å². The van der Waals surface area contributed by atoms with E-state index in [0.717, 1.165) is 24.8 Å². The number of nitrogens with zero attached hydrogens (tertiary/aromatic N) is 1. The Morgan fingerprint density at radius 3 is 2.76 bits per heavy atom. The Hall–Kier alpha value is -1.71. The number of ketones is 1. The summed E-state index contributed by atoms with van der Waals surface area (Å²) in [6.45, 7) is 2.09. The average molecular weight is 235 g/mol. The molecule has 4 heteroatoms. The molecule has 0 heterocycles. The molecule has 0 radical (unpaired) electrons. The van der Waals surface area contributed by atoms with Gasteiger partial charge in [-0.05, 0) is 12.0 Å². The van der Waals surface area contributed by atoms with Crippen molar-refractivity contribution in [1.82, 2.24) is 0 Å². The molecule has 0 spiro atoms. The fourth-order valence-corrected chi connectivity index (χ4v) is 1.67. The van der Waals surface area contributed by atoms with E-state index in [1.54, 1.807) is 12.1 Å². The molecule has 0 N–H and O–H groups in total. The van der Waals surface area contributed by atoms with Crippen molar-refractivity contribution in [3.05, 3.63) is 39.9 Å². The van der Waals surface area contributed by atoms with E-state index < -0.39 is 4.92 Å². The highest BCUT2D eigenvalue weighted by atomic mass is 16.6. The van der Waals surface area contributed by atoms with Gasteiger partial charge in [0.1, 0.15) is 5.78 Å². The van der Waals surface area contributed by atoms with Crippen LogP contribution in [0.3, 0.4) is 0 Å². The minimum Gasteiger partial charge on any atom is -0.299 e. The molecule has 1 aromatic carbocycles. The molecule has 0 unspecified atom stereocenters. The zero-order valence-electron chi connectivity index (χ0n) is 10.0. The first-order chi connectivity index (χ1) is 8.13. The molecule has 0 atom stereocenters. The molecule has 1 aromatic rings. The van der Waals surface area contributed by atoms with Gasteiger partial charge >= 0.3 is 0 Å². The second-order valence-corrected chi connectivity index (χ2v) is 4.10. The van der Waals surface area contributed by atoms with E-state index in [0.29, 0.717) is 12.8 Å². The van der Waals surface area contributed by atoms with Crippen LogP contribution < -0.4 is 0 Å². The van der Waals surface area contributed by atoms with E-state index in [4.69, 9.17) is 0 Å². The summed E-state index contributed by atoms with van der Waals surface area (Å²) in [5.41, 5.74) is 0.768. The van der Waals surface area contributed by atoms with Gasteiger partial charge in [0.2, 0.25) is 0 Å². The van der Waals surface area contributed by atoms with E-state index in [9.17, 15) is 14.9 Å². The smallest absolute Gasteiger partial charge is 0.269 e. The Balaban J connectivity index is 2.53.